The maximum absolute atomic E-state index is 13.1. The van der Waals surface area contributed by atoms with Crippen LogP contribution in [0.5, 0.6) is 0 Å². The Morgan fingerprint density at radius 2 is 1.46 bits per heavy atom. The van der Waals surface area contributed by atoms with Crippen molar-refractivity contribution in [2.45, 2.75) is 26.1 Å². The summed E-state index contributed by atoms with van der Waals surface area (Å²) in [5.41, 5.74) is 6.35. The smallest absolute Gasteiger partial charge is 0.312 e. The molecule has 0 fully saturated rings. The molecule has 0 radical (unpaired) electrons. The van der Waals surface area contributed by atoms with Gasteiger partial charge in [0.15, 0.2) is 0 Å². The van der Waals surface area contributed by atoms with Crippen molar-refractivity contribution in [1.82, 2.24) is 4.57 Å². The molecular weight excluding hydrogens is 482 g/mol. The number of nitrogens with zero attached hydrogens (tertiary/aromatic N) is 1. The van der Waals surface area contributed by atoms with Crippen molar-refractivity contribution in [2.75, 3.05) is 0 Å². The number of allylic oxidation sites excluding steroid dienone is 2. The fraction of sp³-hybridized carbons (Fsp3) is 0.114. The number of para-hydroxylation sites is 1. The van der Waals surface area contributed by atoms with Crippen LogP contribution in [0.1, 0.15) is 34.1 Å². The van der Waals surface area contributed by atoms with E-state index in [-0.39, 0.29) is 19.0 Å². The predicted molar refractivity (Wildman–Crippen MR) is 158 cm³/mol. The van der Waals surface area contributed by atoms with Crippen molar-refractivity contribution in [3.8, 4) is 0 Å². The molecule has 1 atom stereocenters. The minimum Gasteiger partial charge on any atom is -0.461 e. The van der Waals surface area contributed by atoms with E-state index in [1.54, 1.807) is 0 Å². The molecule has 1 unspecified atom stereocenters. The summed E-state index contributed by atoms with van der Waals surface area (Å²) in [7, 11) is 0. The Labute approximate surface area is 229 Å². The fourth-order valence-corrected chi connectivity index (χ4v) is 4.75. The van der Waals surface area contributed by atoms with Crippen LogP contribution in [0.15, 0.2) is 127 Å². The van der Waals surface area contributed by atoms with E-state index in [1.165, 1.54) is 0 Å². The number of rotatable bonds is 9. The third kappa shape index (κ3) is 6.25. The Bertz CT molecular complexity index is 1600. The Kier molecular flexibility index (Phi) is 8.15. The van der Waals surface area contributed by atoms with Gasteiger partial charge in [-0.15, -0.1) is 0 Å². The van der Waals surface area contributed by atoms with E-state index in [0.717, 1.165) is 44.5 Å². The van der Waals surface area contributed by atoms with Crippen molar-refractivity contribution < 1.29 is 14.6 Å². The Balaban J connectivity index is 1.57. The third-order valence-corrected chi connectivity index (χ3v) is 6.78. The van der Waals surface area contributed by atoms with Gasteiger partial charge in [-0.2, -0.15) is 0 Å². The molecule has 5 rings (SSSR count). The number of hydrogen-bond acceptors (Lipinski definition) is 3. The number of aliphatic hydroxyl groups is 1. The molecular formula is C35H31NO3. The summed E-state index contributed by atoms with van der Waals surface area (Å²) in [5.74, 6) is -0.305. The van der Waals surface area contributed by atoms with Gasteiger partial charge >= 0.3 is 5.97 Å². The monoisotopic (exact) mass is 513 g/mol. The zero-order chi connectivity index (χ0) is 27.0. The summed E-state index contributed by atoms with van der Waals surface area (Å²) in [6, 6.07) is 37.4. The number of benzene rings is 4. The second-order valence-electron chi connectivity index (χ2n) is 9.44. The standard InChI is InChI=1S/C35H31NO3/c1-26-31-19-11-12-20-32(31)36(33(26)24-35(38)39-25-28-15-7-3-8-16-28)30(22-21-27-13-5-2-6-14-27)23-34(37)29-17-9-4-10-18-29/h2-23,34,37H,24-25H2,1H3/b22-21+,30-23-. The highest BCUT2D eigenvalue weighted by Gasteiger charge is 2.20. The Morgan fingerprint density at radius 3 is 2.18 bits per heavy atom. The number of carbonyl (C=O) groups is 1. The molecule has 0 bridgehead atoms. The molecule has 4 aromatic carbocycles. The van der Waals surface area contributed by atoms with E-state index >= 15 is 0 Å². The van der Waals surface area contributed by atoms with Crippen molar-refractivity contribution >= 4 is 28.6 Å². The molecule has 0 amide bonds. The van der Waals surface area contributed by atoms with Gasteiger partial charge < -0.3 is 14.4 Å². The lowest BCUT2D eigenvalue weighted by Crippen LogP contribution is -2.13. The molecule has 0 aliphatic heterocycles. The topological polar surface area (TPSA) is 51.5 Å². The van der Waals surface area contributed by atoms with Crippen LogP contribution in [-0.2, 0) is 22.6 Å². The molecule has 1 aromatic heterocycles. The summed E-state index contributed by atoms with van der Waals surface area (Å²) < 4.78 is 7.73. The zero-order valence-corrected chi connectivity index (χ0v) is 21.9. The number of aliphatic hydroxyl groups excluding tert-OH is 1. The first-order valence-electron chi connectivity index (χ1n) is 13.1. The summed E-state index contributed by atoms with van der Waals surface area (Å²) in [4.78, 5) is 13.1. The summed E-state index contributed by atoms with van der Waals surface area (Å²) in [6.45, 7) is 2.26. The molecule has 39 heavy (non-hydrogen) atoms. The van der Waals surface area contributed by atoms with E-state index in [1.807, 2.05) is 134 Å². The molecule has 1 N–H and O–H groups in total. The van der Waals surface area contributed by atoms with E-state index in [2.05, 4.69) is 10.6 Å². The average Bonchev–Trinajstić information content (AvgIpc) is 3.26. The SMILES string of the molecule is Cc1c(CC(=O)OCc2ccccc2)n(C(=C\C(O)c2ccccc2)/C=C/c2ccccc2)c2ccccc12. The van der Waals surface area contributed by atoms with Gasteiger partial charge in [-0.05, 0) is 47.4 Å². The number of esters is 1. The van der Waals surface area contributed by atoms with Gasteiger partial charge in [-0.3, -0.25) is 4.79 Å². The van der Waals surface area contributed by atoms with Crippen LogP contribution in [0.4, 0.5) is 0 Å². The maximum Gasteiger partial charge on any atom is 0.312 e. The lowest BCUT2D eigenvalue weighted by atomic mass is 10.1. The molecule has 1 heterocycles. The van der Waals surface area contributed by atoms with Crippen molar-refractivity contribution in [3.63, 3.8) is 0 Å². The second-order valence-corrected chi connectivity index (χ2v) is 9.44. The van der Waals surface area contributed by atoms with E-state index in [0.29, 0.717) is 0 Å². The number of ether oxygens (including phenoxy) is 1. The van der Waals surface area contributed by atoms with Gasteiger partial charge in [0, 0.05) is 16.8 Å². The van der Waals surface area contributed by atoms with E-state index in [4.69, 9.17) is 4.74 Å². The van der Waals surface area contributed by atoms with Gasteiger partial charge in [0.2, 0.25) is 0 Å². The van der Waals surface area contributed by atoms with Gasteiger partial charge in [0.05, 0.1) is 18.0 Å². The number of aryl methyl sites for hydroxylation is 1. The van der Waals surface area contributed by atoms with Crippen LogP contribution in [0.3, 0.4) is 0 Å². The lowest BCUT2D eigenvalue weighted by Gasteiger charge is -2.15. The largest absolute Gasteiger partial charge is 0.461 e. The second kappa shape index (κ2) is 12.2. The highest BCUT2D eigenvalue weighted by atomic mass is 16.5. The van der Waals surface area contributed by atoms with Crippen LogP contribution < -0.4 is 0 Å². The molecule has 0 saturated heterocycles. The molecule has 5 aromatic rings. The fourth-order valence-electron chi connectivity index (χ4n) is 4.75. The van der Waals surface area contributed by atoms with Gasteiger partial charge in [0.1, 0.15) is 6.61 Å². The van der Waals surface area contributed by atoms with Gasteiger partial charge in [-0.25, -0.2) is 0 Å². The summed E-state index contributed by atoms with van der Waals surface area (Å²) >= 11 is 0. The number of fused-ring (bicyclic) bond motifs is 1. The Morgan fingerprint density at radius 1 is 0.846 bits per heavy atom. The van der Waals surface area contributed by atoms with Crippen LogP contribution in [0.25, 0.3) is 22.7 Å². The van der Waals surface area contributed by atoms with Crippen molar-refractivity contribution in [1.29, 1.82) is 0 Å². The minimum absolute atomic E-state index is 0.102. The first kappa shape index (κ1) is 26.0. The first-order chi connectivity index (χ1) is 19.1. The highest BCUT2D eigenvalue weighted by molar-refractivity contribution is 5.91. The van der Waals surface area contributed by atoms with Crippen LogP contribution in [0, 0.1) is 6.92 Å². The lowest BCUT2D eigenvalue weighted by molar-refractivity contribution is -0.144. The summed E-state index contributed by atoms with van der Waals surface area (Å²) in [5, 5.41) is 12.2. The molecule has 4 nitrogen and oxygen atoms in total. The van der Waals surface area contributed by atoms with Crippen LogP contribution in [-0.4, -0.2) is 15.6 Å². The zero-order valence-electron chi connectivity index (χ0n) is 21.9. The molecule has 0 saturated carbocycles. The molecule has 0 spiro atoms. The molecule has 4 heteroatoms. The quantitative estimate of drug-likeness (QED) is 0.164. The van der Waals surface area contributed by atoms with E-state index < -0.39 is 6.10 Å². The predicted octanol–water partition coefficient (Wildman–Crippen LogP) is 7.52. The molecule has 194 valence electrons. The number of carbonyl (C=O) groups excluding carboxylic acids is 1. The van der Waals surface area contributed by atoms with Crippen molar-refractivity contribution in [3.05, 3.63) is 155 Å². The minimum atomic E-state index is -0.832. The first-order valence-corrected chi connectivity index (χ1v) is 13.1. The Hall–Kier alpha value is -4.67. The maximum atomic E-state index is 13.1. The number of hydrogen-bond donors (Lipinski definition) is 1. The number of aromatic nitrogens is 1. The van der Waals surface area contributed by atoms with Crippen molar-refractivity contribution in [2.24, 2.45) is 0 Å². The highest BCUT2D eigenvalue weighted by Crippen LogP contribution is 2.32. The molecule has 0 aliphatic rings. The van der Waals surface area contributed by atoms with Crippen LogP contribution >= 0.6 is 0 Å². The molecule has 0 aliphatic carbocycles. The third-order valence-electron chi connectivity index (χ3n) is 6.78. The van der Waals surface area contributed by atoms with E-state index in [9.17, 15) is 9.90 Å². The summed E-state index contributed by atoms with van der Waals surface area (Å²) in [6.07, 6.45) is 5.11. The van der Waals surface area contributed by atoms with Gasteiger partial charge in [0.25, 0.3) is 0 Å². The normalized spacial score (nSPS) is 12.6. The van der Waals surface area contributed by atoms with Crippen LogP contribution in [0.2, 0.25) is 0 Å². The average molecular weight is 514 g/mol. The van der Waals surface area contributed by atoms with Gasteiger partial charge in [-0.1, -0.05) is 115 Å².